The van der Waals surface area contributed by atoms with Crippen LogP contribution in [-0.4, -0.2) is 0 Å². The molecule has 0 radical (unpaired) electrons. The molecule has 0 aromatic heterocycles. The minimum atomic E-state index is 0.551. The summed E-state index contributed by atoms with van der Waals surface area (Å²) in [7, 11) is 0. The van der Waals surface area contributed by atoms with Crippen LogP contribution < -0.4 is 0 Å². The lowest BCUT2D eigenvalue weighted by molar-refractivity contribution is 0.300. The second kappa shape index (κ2) is 8.45. The maximum absolute atomic E-state index is 2.48. The molecule has 0 fully saturated rings. The van der Waals surface area contributed by atoms with Crippen LogP contribution in [0.2, 0.25) is 0 Å². The van der Waals surface area contributed by atoms with Gasteiger partial charge in [-0.3, -0.25) is 0 Å². The molecule has 0 aromatic rings. The Morgan fingerprint density at radius 1 is 0.520 bits per heavy atom. The molecule has 0 aromatic carbocycles. The van der Waals surface area contributed by atoms with E-state index in [1.807, 2.05) is 22.3 Å². The smallest absolute Gasteiger partial charge is 0.0148 e. The van der Waals surface area contributed by atoms with Gasteiger partial charge in [-0.1, -0.05) is 77.7 Å². The van der Waals surface area contributed by atoms with Crippen LogP contribution >= 0.6 is 0 Å². The molecule has 4 unspecified atom stereocenters. The first-order valence-electron chi connectivity index (χ1n) is 11.3. The molecule has 0 aliphatic heterocycles. The zero-order valence-electron chi connectivity index (χ0n) is 18.5. The summed E-state index contributed by atoms with van der Waals surface area (Å²) in [5.74, 6) is 3.12. The molecule has 0 bridgehead atoms. The maximum Gasteiger partial charge on any atom is -0.0148 e. The number of hydrogen-bond donors (Lipinski definition) is 0. The van der Waals surface area contributed by atoms with Gasteiger partial charge in [0.1, 0.15) is 0 Å². The average molecular weight is 345 g/mol. The van der Waals surface area contributed by atoms with Gasteiger partial charge in [0.05, 0.1) is 0 Å². The molecule has 0 heteroatoms. The Kier molecular flexibility index (Phi) is 7.02. The number of allylic oxidation sites excluding steroid dienone is 4. The lowest BCUT2D eigenvalue weighted by atomic mass is 9.77. The molecule has 1 spiro atoms. The summed E-state index contributed by atoms with van der Waals surface area (Å²) >= 11 is 0. The molecule has 2 aliphatic rings. The van der Waals surface area contributed by atoms with E-state index in [-0.39, 0.29) is 0 Å². The standard InChI is InChI=1S/C25H44/c1-9-17(5)21-13-25(14-22(21)18(6)10-2)15-23(19(7)11-3)24(16-25)20(8)12-4/h17-20H,9-16H2,1-8H3. The second-order valence-corrected chi connectivity index (χ2v) is 9.55. The Morgan fingerprint density at radius 3 is 0.880 bits per heavy atom. The highest BCUT2D eigenvalue weighted by Crippen LogP contribution is 2.60. The van der Waals surface area contributed by atoms with Crippen molar-refractivity contribution < 1.29 is 0 Å². The fourth-order valence-electron chi connectivity index (χ4n) is 5.39. The van der Waals surface area contributed by atoms with Crippen LogP contribution in [0.1, 0.15) is 107 Å². The Labute approximate surface area is 158 Å². The predicted octanol–water partition coefficient (Wildman–Crippen LogP) is 8.34. The normalized spacial score (nSPS) is 28.8. The van der Waals surface area contributed by atoms with Crippen molar-refractivity contribution in [2.75, 3.05) is 0 Å². The zero-order valence-corrected chi connectivity index (χ0v) is 18.5. The lowest BCUT2D eigenvalue weighted by Crippen LogP contribution is -2.16. The van der Waals surface area contributed by atoms with E-state index >= 15 is 0 Å². The average Bonchev–Trinajstić information content (AvgIpc) is 3.20. The van der Waals surface area contributed by atoms with Crippen molar-refractivity contribution in [3.63, 3.8) is 0 Å². The zero-order chi connectivity index (χ0) is 18.8. The Bertz CT molecular complexity index is 423. The highest BCUT2D eigenvalue weighted by molar-refractivity contribution is 5.37. The molecule has 144 valence electrons. The number of hydrogen-bond acceptors (Lipinski definition) is 0. The van der Waals surface area contributed by atoms with E-state index in [0.29, 0.717) is 5.41 Å². The first-order chi connectivity index (χ1) is 11.8. The van der Waals surface area contributed by atoms with Crippen molar-refractivity contribution in [1.82, 2.24) is 0 Å². The van der Waals surface area contributed by atoms with Crippen LogP contribution in [0.15, 0.2) is 22.3 Å². The van der Waals surface area contributed by atoms with Gasteiger partial charge < -0.3 is 0 Å². The van der Waals surface area contributed by atoms with Crippen LogP contribution in [0.5, 0.6) is 0 Å². The van der Waals surface area contributed by atoms with Gasteiger partial charge in [0.2, 0.25) is 0 Å². The lowest BCUT2D eigenvalue weighted by Gasteiger charge is -2.27. The minimum absolute atomic E-state index is 0.551. The summed E-state index contributed by atoms with van der Waals surface area (Å²) in [6, 6.07) is 0. The largest absolute Gasteiger partial charge is 0.0673 e. The Balaban J connectivity index is 2.31. The molecule has 0 nitrogen and oxygen atoms in total. The summed E-state index contributed by atoms with van der Waals surface area (Å²) in [5.41, 5.74) is 7.96. The van der Waals surface area contributed by atoms with Crippen LogP contribution in [0.4, 0.5) is 0 Å². The van der Waals surface area contributed by atoms with Gasteiger partial charge in [-0.05, 0) is 80.5 Å². The van der Waals surface area contributed by atoms with Gasteiger partial charge in [0.15, 0.2) is 0 Å². The third-order valence-electron chi connectivity index (χ3n) is 7.92. The quantitative estimate of drug-likeness (QED) is 0.388. The van der Waals surface area contributed by atoms with Gasteiger partial charge in [-0.2, -0.15) is 0 Å². The molecular formula is C25H44. The van der Waals surface area contributed by atoms with Crippen molar-refractivity contribution >= 4 is 0 Å². The summed E-state index contributed by atoms with van der Waals surface area (Å²) in [6.07, 6.45) is 10.8. The molecule has 0 amide bonds. The third-order valence-corrected chi connectivity index (χ3v) is 7.92. The molecule has 0 N–H and O–H groups in total. The van der Waals surface area contributed by atoms with Gasteiger partial charge in [-0.25, -0.2) is 0 Å². The molecule has 4 atom stereocenters. The highest BCUT2D eigenvalue weighted by atomic mass is 14.5. The van der Waals surface area contributed by atoms with E-state index in [9.17, 15) is 0 Å². The first kappa shape index (κ1) is 20.8. The monoisotopic (exact) mass is 344 g/mol. The Morgan fingerprint density at radius 2 is 0.720 bits per heavy atom. The fourth-order valence-corrected chi connectivity index (χ4v) is 5.39. The molecule has 0 saturated heterocycles. The van der Waals surface area contributed by atoms with Crippen molar-refractivity contribution in [2.24, 2.45) is 29.1 Å². The summed E-state index contributed by atoms with van der Waals surface area (Å²) in [6.45, 7) is 19.4. The fraction of sp³-hybridized carbons (Fsp3) is 0.840. The topological polar surface area (TPSA) is 0 Å². The summed E-state index contributed by atoms with van der Waals surface area (Å²) < 4.78 is 0. The van der Waals surface area contributed by atoms with Gasteiger partial charge in [0.25, 0.3) is 0 Å². The van der Waals surface area contributed by atoms with Gasteiger partial charge >= 0.3 is 0 Å². The van der Waals surface area contributed by atoms with Crippen molar-refractivity contribution in [2.45, 2.75) is 107 Å². The molecule has 2 rings (SSSR count). The van der Waals surface area contributed by atoms with Gasteiger partial charge in [0, 0.05) is 0 Å². The molecule has 2 aliphatic carbocycles. The van der Waals surface area contributed by atoms with E-state index in [0.717, 1.165) is 23.7 Å². The second-order valence-electron chi connectivity index (χ2n) is 9.55. The van der Waals surface area contributed by atoms with E-state index in [4.69, 9.17) is 0 Å². The van der Waals surface area contributed by atoms with Crippen molar-refractivity contribution in [1.29, 1.82) is 0 Å². The van der Waals surface area contributed by atoms with Crippen LogP contribution in [0.3, 0.4) is 0 Å². The predicted molar refractivity (Wildman–Crippen MR) is 113 cm³/mol. The van der Waals surface area contributed by atoms with E-state index in [1.54, 1.807) is 0 Å². The van der Waals surface area contributed by atoms with E-state index < -0.39 is 0 Å². The molecule has 0 heterocycles. The summed E-state index contributed by atoms with van der Waals surface area (Å²) in [4.78, 5) is 0. The van der Waals surface area contributed by atoms with Crippen LogP contribution in [0.25, 0.3) is 0 Å². The van der Waals surface area contributed by atoms with E-state index in [2.05, 4.69) is 55.4 Å². The Hall–Kier alpha value is -0.520. The first-order valence-corrected chi connectivity index (χ1v) is 11.3. The number of rotatable bonds is 8. The van der Waals surface area contributed by atoms with E-state index in [1.165, 1.54) is 51.4 Å². The molecular weight excluding hydrogens is 300 g/mol. The summed E-state index contributed by atoms with van der Waals surface area (Å²) in [5, 5.41) is 0. The minimum Gasteiger partial charge on any atom is -0.0673 e. The van der Waals surface area contributed by atoms with Crippen molar-refractivity contribution in [3.8, 4) is 0 Å². The molecule has 25 heavy (non-hydrogen) atoms. The van der Waals surface area contributed by atoms with Crippen molar-refractivity contribution in [3.05, 3.63) is 22.3 Å². The SMILES string of the molecule is CCC(C)C1=C(C(C)CC)CC2(C1)CC(C(C)CC)=C(C(C)CC)C2. The third kappa shape index (κ3) is 4.09. The van der Waals surface area contributed by atoms with Gasteiger partial charge in [-0.15, -0.1) is 0 Å². The van der Waals surface area contributed by atoms with Crippen LogP contribution in [0, 0.1) is 29.1 Å². The maximum atomic E-state index is 2.48. The highest BCUT2D eigenvalue weighted by Gasteiger charge is 2.46. The van der Waals surface area contributed by atoms with Crippen LogP contribution in [-0.2, 0) is 0 Å². The molecule has 0 saturated carbocycles.